The van der Waals surface area contributed by atoms with Crippen LogP contribution in [0.3, 0.4) is 0 Å². The lowest BCUT2D eigenvalue weighted by molar-refractivity contribution is -0.114. The first kappa shape index (κ1) is 14.2. The zero-order valence-corrected chi connectivity index (χ0v) is 10.7. The third-order valence-corrected chi connectivity index (χ3v) is 2.32. The molecule has 0 aliphatic carbocycles. The van der Waals surface area contributed by atoms with Crippen molar-refractivity contribution in [3.63, 3.8) is 0 Å². The average Bonchev–Trinajstić information content (AvgIpc) is 2.34. The van der Waals surface area contributed by atoms with E-state index in [0.717, 1.165) is 19.4 Å². The number of rotatable bonds is 6. The van der Waals surface area contributed by atoms with Gasteiger partial charge in [0.2, 0.25) is 5.91 Å². The van der Waals surface area contributed by atoms with Gasteiger partial charge in [0.1, 0.15) is 0 Å². The zero-order valence-electron chi connectivity index (χ0n) is 10.7. The predicted octanol–water partition coefficient (Wildman–Crippen LogP) is 1.68. The number of carbonyl (C=O) groups is 2. The van der Waals surface area contributed by atoms with Gasteiger partial charge in [0.25, 0.3) is 5.91 Å². The van der Waals surface area contributed by atoms with Gasteiger partial charge in [0.05, 0.1) is 0 Å². The molecule has 0 fully saturated rings. The van der Waals surface area contributed by atoms with Gasteiger partial charge in [-0.3, -0.25) is 15.0 Å². The molecule has 0 aliphatic heterocycles. The standard InChI is InChI=1S/C13H19N3O2/c1-3-4-9-14-16-13(18)11-5-7-12(8-6-11)15-10(2)17/h5-8,14H,3-4,9H2,1-2H3,(H,15,17)(H,16,18). The molecule has 0 spiro atoms. The Kier molecular flexibility index (Phi) is 5.87. The van der Waals surface area contributed by atoms with Crippen molar-refractivity contribution in [3.8, 4) is 0 Å². The minimum atomic E-state index is -0.180. The molecule has 0 heterocycles. The van der Waals surface area contributed by atoms with Gasteiger partial charge in [-0.1, -0.05) is 13.3 Å². The van der Waals surface area contributed by atoms with Gasteiger partial charge in [-0.25, -0.2) is 5.43 Å². The van der Waals surface area contributed by atoms with E-state index in [4.69, 9.17) is 0 Å². The Balaban J connectivity index is 2.46. The van der Waals surface area contributed by atoms with Gasteiger partial charge in [0, 0.05) is 24.7 Å². The van der Waals surface area contributed by atoms with E-state index in [1.165, 1.54) is 6.92 Å². The number of hydrogen-bond acceptors (Lipinski definition) is 3. The summed E-state index contributed by atoms with van der Waals surface area (Å²) in [7, 11) is 0. The fourth-order valence-corrected chi connectivity index (χ4v) is 1.39. The first-order chi connectivity index (χ1) is 8.63. The van der Waals surface area contributed by atoms with Crippen molar-refractivity contribution in [2.24, 2.45) is 0 Å². The maximum atomic E-state index is 11.7. The molecule has 0 saturated carbocycles. The van der Waals surface area contributed by atoms with Crippen LogP contribution in [0.25, 0.3) is 0 Å². The number of hydrogen-bond donors (Lipinski definition) is 3. The number of hydrazine groups is 1. The first-order valence-corrected chi connectivity index (χ1v) is 6.04. The molecule has 0 unspecified atom stereocenters. The highest BCUT2D eigenvalue weighted by Crippen LogP contribution is 2.09. The lowest BCUT2D eigenvalue weighted by Gasteiger charge is -2.07. The van der Waals surface area contributed by atoms with Crippen LogP contribution in [0.15, 0.2) is 24.3 Å². The summed E-state index contributed by atoms with van der Waals surface area (Å²) >= 11 is 0. The molecule has 5 heteroatoms. The summed E-state index contributed by atoms with van der Waals surface area (Å²) in [4.78, 5) is 22.5. The lowest BCUT2D eigenvalue weighted by Crippen LogP contribution is -2.37. The van der Waals surface area contributed by atoms with Crippen LogP contribution >= 0.6 is 0 Å². The highest BCUT2D eigenvalue weighted by molar-refractivity contribution is 5.95. The van der Waals surface area contributed by atoms with Crippen LogP contribution in [-0.4, -0.2) is 18.4 Å². The van der Waals surface area contributed by atoms with E-state index in [9.17, 15) is 9.59 Å². The molecule has 0 saturated heterocycles. The third kappa shape index (κ3) is 4.97. The second-order valence-corrected chi connectivity index (χ2v) is 3.99. The third-order valence-electron chi connectivity index (χ3n) is 2.32. The molecule has 1 aromatic carbocycles. The molecule has 0 bridgehead atoms. The van der Waals surface area contributed by atoms with E-state index in [-0.39, 0.29) is 11.8 Å². The monoisotopic (exact) mass is 249 g/mol. The number of benzene rings is 1. The maximum Gasteiger partial charge on any atom is 0.265 e. The fourth-order valence-electron chi connectivity index (χ4n) is 1.39. The van der Waals surface area contributed by atoms with Crippen molar-refractivity contribution < 1.29 is 9.59 Å². The zero-order chi connectivity index (χ0) is 13.4. The van der Waals surface area contributed by atoms with Gasteiger partial charge in [-0.05, 0) is 30.7 Å². The highest BCUT2D eigenvalue weighted by atomic mass is 16.2. The Labute approximate surface area is 107 Å². The Morgan fingerprint density at radius 3 is 2.39 bits per heavy atom. The summed E-state index contributed by atoms with van der Waals surface area (Å²) < 4.78 is 0. The van der Waals surface area contributed by atoms with Crippen LogP contribution < -0.4 is 16.2 Å². The summed E-state index contributed by atoms with van der Waals surface area (Å²) in [5, 5.41) is 2.64. The number of anilines is 1. The van der Waals surface area contributed by atoms with Crippen molar-refractivity contribution in [1.29, 1.82) is 0 Å². The number of amides is 2. The van der Waals surface area contributed by atoms with E-state index in [2.05, 4.69) is 23.1 Å². The van der Waals surface area contributed by atoms with Crippen molar-refractivity contribution in [1.82, 2.24) is 10.9 Å². The van der Waals surface area contributed by atoms with Crippen LogP contribution in [0.2, 0.25) is 0 Å². The Morgan fingerprint density at radius 2 is 1.83 bits per heavy atom. The van der Waals surface area contributed by atoms with Crippen molar-refractivity contribution in [2.45, 2.75) is 26.7 Å². The van der Waals surface area contributed by atoms with Gasteiger partial charge >= 0.3 is 0 Å². The highest BCUT2D eigenvalue weighted by Gasteiger charge is 2.04. The van der Waals surface area contributed by atoms with Gasteiger partial charge in [-0.2, -0.15) is 0 Å². The number of nitrogens with one attached hydrogen (secondary N) is 3. The molecule has 3 N–H and O–H groups in total. The summed E-state index contributed by atoms with van der Waals surface area (Å²) in [6.45, 7) is 4.29. The Morgan fingerprint density at radius 1 is 1.17 bits per heavy atom. The SMILES string of the molecule is CCCCNNC(=O)c1ccc(NC(C)=O)cc1. The summed E-state index contributed by atoms with van der Waals surface area (Å²) in [5.74, 6) is -0.311. The average molecular weight is 249 g/mol. The molecule has 5 nitrogen and oxygen atoms in total. The molecular weight excluding hydrogens is 230 g/mol. The molecule has 0 aromatic heterocycles. The normalized spacial score (nSPS) is 9.89. The van der Waals surface area contributed by atoms with Crippen molar-refractivity contribution >= 4 is 17.5 Å². The fraction of sp³-hybridized carbons (Fsp3) is 0.385. The van der Waals surface area contributed by atoms with Gasteiger partial charge < -0.3 is 5.32 Å². The molecule has 0 radical (unpaired) electrons. The minimum Gasteiger partial charge on any atom is -0.326 e. The van der Waals surface area contributed by atoms with Crippen LogP contribution in [0.1, 0.15) is 37.0 Å². The number of carbonyl (C=O) groups excluding carboxylic acids is 2. The summed E-state index contributed by atoms with van der Waals surface area (Å²) in [5.41, 5.74) is 6.71. The van der Waals surface area contributed by atoms with Crippen molar-refractivity contribution in [3.05, 3.63) is 29.8 Å². The lowest BCUT2D eigenvalue weighted by atomic mass is 10.2. The molecule has 1 rings (SSSR count). The molecule has 0 aliphatic rings. The van der Waals surface area contributed by atoms with Crippen LogP contribution in [0.5, 0.6) is 0 Å². The molecule has 18 heavy (non-hydrogen) atoms. The molecular formula is C13H19N3O2. The maximum absolute atomic E-state index is 11.7. The van der Waals surface area contributed by atoms with Gasteiger partial charge in [0.15, 0.2) is 0 Å². The largest absolute Gasteiger partial charge is 0.326 e. The minimum absolute atomic E-state index is 0.131. The summed E-state index contributed by atoms with van der Waals surface area (Å²) in [6, 6.07) is 6.73. The molecule has 2 amide bonds. The van der Waals surface area contributed by atoms with E-state index in [1.54, 1.807) is 24.3 Å². The Hall–Kier alpha value is -1.88. The molecule has 0 atom stereocenters. The second-order valence-electron chi connectivity index (χ2n) is 3.99. The van der Waals surface area contributed by atoms with E-state index < -0.39 is 0 Å². The molecule has 98 valence electrons. The quantitative estimate of drug-likeness (QED) is 0.530. The van der Waals surface area contributed by atoms with Gasteiger partial charge in [-0.15, -0.1) is 0 Å². The smallest absolute Gasteiger partial charge is 0.265 e. The number of unbranched alkanes of at least 4 members (excludes halogenated alkanes) is 1. The first-order valence-electron chi connectivity index (χ1n) is 6.04. The Bertz CT molecular complexity index is 401. The van der Waals surface area contributed by atoms with Crippen LogP contribution in [0.4, 0.5) is 5.69 Å². The summed E-state index contributed by atoms with van der Waals surface area (Å²) in [6.07, 6.45) is 2.09. The van der Waals surface area contributed by atoms with E-state index >= 15 is 0 Å². The topological polar surface area (TPSA) is 70.2 Å². The van der Waals surface area contributed by atoms with E-state index in [0.29, 0.717) is 11.3 Å². The molecule has 1 aromatic rings. The van der Waals surface area contributed by atoms with Crippen LogP contribution in [0, 0.1) is 0 Å². The second kappa shape index (κ2) is 7.45. The van der Waals surface area contributed by atoms with Crippen LogP contribution in [-0.2, 0) is 4.79 Å². The van der Waals surface area contributed by atoms with Crippen molar-refractivity contribution in [2.75, 3.05) is 11.9 Å². The predicted molar refractivity (Wildman–Crippen MR) is 71.1 cm³/mol. The van der Waals surface area contributed by atoms with E-state index in [1.807, 2.05) is 0 Å².